The van der Waals surface area contributed by atoms with E-state index in [-0.39, 0.29) is 11.7 Å². The van der Waals surface area contributed by atoms with Gasteiger partial charge in [-0.3, -0.25) is 14.5 Å². The van der Waals surface area contributed by atoms with Crippen molar-refractivity contribution in [1.82, 2.24) is 14.5 Å². The normalized spacial score (nSPS) is 17.4. The molecule has 0 unspecified atom stereocenters. The Morgan fingerprint density at radius 2 is 1.73 bits per heavy atom. The highest BCUT2D eigenvalue weighted by Crippen LogP contribution is 2.55. The Morgan fingerprint density at radius 3 is 2.42 bits per heavy atom. The number of rotatable bonds is 5. The fourth-order valence-corrected chi connectivity index (χ4v) is 6.03. The van der Waals surface area contributed by atoms with E-state index in [4.69, 9.17) is 37.7 Å². The van der Waals surface area contributed by atoms with Crippen molar-refractivity contribution in [2.45, 2.75) is 32.4 Å². The van der Waals surface area contributed by atoms with Crippen LogP contribution in [0.4, 0.5) is 11.4 Å². The Hall–Kier alpha value is -4.08. The second-order valence-corrected chi connectivity index (χ2v) is 10.8. The van der Waals surface area contributed by atoms with Gasteiger partial charge < -0.3 is 19.4 Å². The molecule has 2 aromatic carbocycles. The molecule has 1 atom stereocenters. The van der Waals surface area contributed by atoms with Crippen molar-refractivity contribution in [1.29, 1.82) is 0 Å². The van der Waals surface area contributed by atoms with Gasteiger partial charge in [0.05, 0.1) is 31.2 Å². The number of aryl methyl sites for hydroxylation is 1. The van der Waals surface area contributed by atoms with Crippen LogP contribution in [-0.2, 0) is 10.3 Å². The van der Waals surface area contributed by atoms with E-state index < -0.39 is 17.4 Å². The van der Waals surface area contributed by atoms with Crippen LogP contribution in [0.15, 0.2) is 48.7 Å². The highest BCUT2D eigenvalue weighted by atomic mass is 35.5. The lowest BCUT2D eigenvalue weighted by molar-refractivity contribution is -0.119. The Balaban J connectivity index is 1.73. The van der Waals surface area contributed by atoms with Crippen LogP contribution in [0.1, 0.15) is 47.2 Å². The number of hydrogen-bond acceptors (Lipinski definition) is 6. The number of anilines is 2. The molecule has 0 aliphatic carbocycles. The molecular weight excluding hydrogens is 553 g/mol. The van der Waals surface area contributed by atoms with Crippen molar-refractivity contribution < 1.29 is 19.1 Å². The van der Waals surface area contributed by atoms with Crippen molar-refractivity contribution in [2.75, 3.05) is 24.4 Å². The molecular formula is C29H25Cl2N5O4. The first-order valence-electron chi connectivity index (χ1n) is 12.6. The van der Waals surface area contributed by atoms with E-state index in [0.29, 0.717) is 55.7 Å². The number of halogens is 2. The van der Waals surface area contributed by atoms with Gasteiger partial charge in [0.1, 0.15) is 11.6 Å². The number of pyridine rings is 1. The molecule has 2 amide bonds. The van der Waals surface area contributed by atoms with E-state index in [1.165, 1.54) is 19.1 Å². The van der Waals surface area contributed by atoms with Crippen molar-refractivity contribution >= 4 is 46.4 Å². The average Bonchev–Trinajstić information content (AvgIpc) is 3.53. The first-order valence-corrected chi connectivity index (χ1v) is 13.3. The van der Waals surface area contributed by atoms with Gasteiger partial charge in [-0.25, -0.2) is 9.97 Å². The van der Waals surface area contributed by atoms with Gasteiger partial charge in [-0.1, -0.05) is 35.3 Å². The van der Waals surface area contributed by atoms with Crippen LogP contribution < -0.4 is 19.7 Å². The molecule has 1 spiro atoms. The van der Waals surface area contributed by atoms with Gasteiger partial charge in [0.2, 0.25) is 5.88 Å². The second kappa shape index (κ2) is 9.25. The van der Waals surface area contributed by atoms with Crippen molar-refractivity contribution in [3.05, 3.63) is 81.2 Å². The summed E-state index contributed by atoms with van der Waals surface area (Å²) in [5, 5.41) is 3.87. The second-order valence-electron chi connectivity index (χ2n) is 9.95. The number of fused-ring (bicyclic) bond motifs is 4. The van der Waals surface area contributed by atoms with Crippen LogP contribution in [-0.4, -0.2) is 40.6 Å². The summed E-state index contributed by atoms with van der Waals surface area (Å²) in [7, 11) is 3.05. The minimum absolute atomic E-state index is 0.152. The van der Waals surface area contributed by atoms with Crippen molar-refractivity contribution in [3.63, 3.8) is 0 Å². The SMILES string of the molecule is COc1cc(OC)c(-c2nc3c(n2C(C)C)[C@]2(C(=O)Nc4cc(Cl)ccc42)N(c2cc(Cl)ccc2C)C3=O)cn1. The van der Waals surface area contributed by atoms with E-state index >= 15 is 0 Å². The van der Waals surface area contributed by atoms with E-state index in [2.05, 4.69) is 10.3 Å². The van der Waals surface area contributed by atoms with Crippen LogP contribution >= 0.6 is 23.2 Å². The maximum atomic E-state index is 14.5. The van der Waals surface area contributed by atoms with Gasteiger partial charge in [-0.05, 0) is 50.6 Å². The number of hydrogen-bond donors (Lipinski definition) is 1. The number of nitrogens with zero attached hydrogens (tertiary/aromatic N) is 4. The summed E-state index contributed by atoms with van der Waals surface area (Å²) in [5.41, 5.74) is 1.95. The minimum atomic E-state index is -1.58. The molecule has 0 fully saturated rings. The first kappa shape index (κ1) is 26.2. The maximum absolute atomic E-state index is 14.5. The fourth-order valence-electron chi connectivity index (χ4n) is 5.69. The lowest BCUT2D eigenvalue weighted by Gasteiger charge is -2.36. The van der Waals surface area contributed by atoms with Gasteiger partial charge >= 0.3 is 0 Å². The zero-order chi connectivity index (χ0) is 28.5. The number of ether oxygens (including phenoxy) is 2. The number of carbonyl (C=O) groups excluding carboxylic acids is 2. The van der Waals surface area contributed by atoms with Gasteiger partial charge in [0.25, 0.3) is 11.8 Å². The summed E-state index contributed by atoms with van der Waals surface area (Å²) in [6.45, 7) is 5.81. The average molecular weight is 578 g/mol. The summed E-state index contributed by atoms with van der Waals surface area (Å²) >= 11 is 12.7. The third-order valence-corrected chi connectivity index (χ3v) is 7.85. The number of imidazole rings is 1. The van der Waals surface area contributed by atoms with E-state index in [0.717, 1.165) is 5.56 Å². The Bertz CT molecular complexity index is 1730. The lowest BCUT2D eigenvalue weighted by atomic mass is 9.86. The molecule has 0 radical (unpaired) electrons. The Kier molecular flexibility index (Phi) is 6.05. The summed E-state index contributed by atoms with van der Waals surface area (Å²) in [5.74, 6) is 0.442. The molecule has 204 valence electrons. The standard InChI is InChI=1S/C29H25Cl2N5O4/c1-14(2)35-25-24(34-26(35)18-13-32-23(40-5)12-22(18)39-4)27(37)36(21-11-17(31)7-6-15(21)3)29(25)19-9-8-16(30)10-20(19)33-28(29)38/h6-14H,1-5H3,(H,33,38)/t29-/m1/s1. The molecule has 0 saturated carbocycles. The molecule has 0 saturated heterocycles. The molecule has 6 rings (SSSR count). The highest BCUT2D eigenvalue weighted by molar-refractivity contribution is 6.32. The molecule has 2 aliphatic heterocycles. The third-order valence-electron chi connectivity index (χ3n) is 7.38. The predicted molar refractivity (Wildman–Crippen MR) is 153 cm³/mol. The predicted octanol–water partition coefficient (Wildman–Crippen LogP) is 6.01. The van der Waals surface area contributed by atoms with Crippen LogP contribution in [0, 0.1) is 6.92 Å². The van der Waals surface area contributed by atoms with Crippen LogP contribution in [0.25, 0.3) is 11.4 Å². The maximum Gasteiger partial charge on any atom is 0.280 e. The monoisotopic (exact) mass is 577 g/mol. The van der Waals surface area contributed by atoms with Crippen molar-refractivity contribution in [3.8, 4) is 23.0 Å². The number of methoxy groups -OCH3 is 2. The summed E-state index contributed by atoms with van der Waals surface area (Å²) in [6, 6.07) is 11.9. The lowest BCUT2D eigenvalue weighted by Crippen LogP contribution is -2.51. The number of carbonyl (C=O) groups is 2. The van der Waals surface area contributed by atoms with E-state index in [1.807, 2.05) is 31.4 Å². The van der Waals surface area contributed by atoms with Gasteiger partial charge in [0.15, 0.2) is 11.2 Å². The quantitative estimate of drug-likeness (QED) is 0.311. The number of nitrogens with one attached hydrogen (secondary N) is 1. The number of benzene rings is 2. The molecule has 1 N–H and O–H groups in total. The molecule has 4 heterocycles. The summed E-state index contributed by atoms with van der Waals surface area (Å²) < 4.78 is 12.8. The zero-order valence-corrected chi connectivity index (χ0v) is 23.9. The van der Waals surface area contributed by atoms with E-state index in [1.54, 1.807) is 42.6 Å². The smallest absolute Gasteiger partial charge is 0.280 e. The third kappa shape index (κ3) is 3.47. The Morgan fingerprint density at radius 1 is 1.00 bits per heavy atom. The topological polar surface area (TPSA) is 98.6 Å². The summed E-state index contributed by atoms with van der Waals surface area (Å²) in [4.78, 5) is 39.5. The van der Waals surface area contributed by atoms with Gasteiger partial charge in [-0.15, -0.1) is 0 Å². The molecule has 0 bridgehead atoms. The largest absolute Gasteiger partial charge is 0.496 e. The van der Waals surface area contributed by atoms with Crippen LogP contribution in [0.3, 0.4) is 0 Å². The molecule has 9 nitrogen and oxygen atoms in total. The van der Waals surface area contributed by atoms with Crippen LogP contribution in [0.2, 0.25) is 10.0 Å². The molecule has 11 heteroatoms. The van der Waals surface area contributed by atoms with Crippen molar-refractivity contribution in [2.24, 2.45) is 0 Å². The Labute approximate surface area is 240 Å². The van der Waals surface area contributed by atoms with Crippen LogP contribution in [0.5, 0.6) is 11.6 Å². The van der Waals surface area contributed by atoms with Gasteiger partial charge in [0, 0.05) is 39.6 Å². The minimum Gasteiger partial charge on any atom is -0.496 e. The number of aromatic nitrogens is 3. The molecule has 2 aliphatic rings. The summed E-state index contributed by atoms with van der Waals surface area (Å²) in [6.07, 6.45) is 1.59. The molecule has 4 aromatic rings. The molecule has 2 aromatic heterocycles. The fraction of sp³-hybridized carbons (Fsp3) is 0.241. The van der Waals surface area contributed by atoms with E-state index in [9.17, 15) is 9.59 Å². The highest BCUT2D eigenvalue weighted by Gasteiger charge is 2.64. The first-order chi connectivity index (χ1) is 19.1. The van der Waals surface area contributed by atoms with Gasteiger partial charge in [-0.2, -0.15) is 0 Å². The number of amides is 2. The zero-order valence-electron chi connectivity index (χ0n) is 22.4. The molecule has 40 heavy (non-hydrogen) atoms.